The molecular formula is C22H26N2O2S2. The number of thiazole rings is 1. The molecule has 2 aromatic carbocycles. The summed E-state index contributed by atoms with van der Waals surface area (Å²) < 4.78 is 26.8. The van der Waals surface area contributed by atoms with Gasteiger partial charge >= 0.3 is 0 Å². The van der Waals surface area contributed by atoms with E-state index in [9.17, 15) is 8.42 Å². The smallest absolute Gasteiger partial charge is 0.179 e. The molecule has 1 aliphatic rings. The van der Waals surface area contributed by atoms with Crippen molar-refractivity contribution in [3.63, 3.8) is 0 Å². The van der Waals surface area contributed by atoms with Gasteiger partial charge in [-0.3, -0.25) is 0 Å². The molecule has 0 amide bonds. The minimum atomic E-state index is -3.25. The van der Waals surface area contributed by atoms with Crippen LogP contribution in [0.5, 0.6) is 0 Å². The van der Waals surface area contributed by atoms with Crippen molar-refractivity contribution in [2.24, 2.45) is 0 Å². The minimum absolute atomic E-state index is 0.184. The first-order valence-corrected chi connectivity index (χ1v) is 12.3. The lowest BCUT2D eigenvalue weighted by atomic mass is 9.98. The molecule has 1 fully saturated rings. The number of fused-ring (bicyclic) bond motifs is 1. The van der Waals surface area contributed by atoms with Crippen molar-refractivity contribution in [2.45, 2.75) is 37.5 Å². The van der Waals surface area contributed by atoms with Crippen LogP contribution in [0.2, 0.25) is 0 Å². The zero-order valence-corrected chi connectivity index (χ0v) is 18.0. The van der Waals surface area contributed by atoms with Gasteiger partial charge in [0.15, 0.2) is 9.84 Å². The first-order valence-electron chi connectivity index (χ1n) is 9.80. The van der Waals surface area contributed by atoms with Gasteiger partial charge in [-0.1, -0.05) is 24.3 Å². The molecule has 6 heteroatoms. The quantitative estimate of drug-likeness (QED) is 0.614. The Balaban J connectivity index is 1.36. The predicted molar refractivity (Wildman–Crippen MR) is 116 cm³/mol. The molecule has 28 heavy (non-hydrogen) atoms. The van der Waals surface area contributed by atoms with E-state index in [-0.39, 0.29) is 5.75 Å². The van der Waals surface area contributed by atoms with E-state index in [1.54, 1.807) is 17.4 Å². The summed E-state index contributed by atoms with van der Waals surface area (Å²) in [7, 11) is -3.25. The molecule has 3 aromatic rings. The van der Waals surface area contributed by atoms with E-state index in [0.717, 1.165) is 42.6 Å². The SMILES string of the molecule is Cc1ccc(C)c(S(=O)(=O)CCN2CCC(c3nc4ccccc4s3)CC2)c1. The molecule has 1 saturated heterocycles. The first-order chi connectivity index (χ1) is 13.4. The molecule has 1 aromatic heterocycles. The number of sulfone groups is 1. The van der Waals surface area contributed by atoms with Gasteiger partial charge in [0.05, 0.1) is 25.9 Å². The topological polar surface area (TPSA) is 50.3 Å². The van der Waals surface area contributed by atoms with E-state index in [1.807, 2.05) is 32.0 Å². The van der Waals surface area contributed by atoms with Crippen LogP contribution in [0, 0.1) is 13.8 Å². The second-order valence-corrected chi connectivity index (χ2v) is 10.9. The number of hydrogen-bond donors (Lipinski definition) is 0. The van der Waals surface area contributed by atoms with Gasteiger partial charge in [-0.15, -0.1) is 11.3 Å². The summed E-state index contributed by atoms with van der Waals surface area (Å²) in [4.78, 5) is 7.58. The van der Waals surface area contributed by atoms with Crippen LogP contribution in [0.25, 0.3) is 10.2 Å². The van der Waals surface area contributed by atoms with Crippen LogP contribution in [-0.2, 0) is 9.84 Å². The maximum absolute atomic E-state index is 12.8. The average molecular weight is 415 g/mol. The molecule has 2 heterocycles. The Morgan fingerprint density at radius 1 is 1.11 bits per heavy atom. The Morgan fingerprint density at radius 3 is 2.61 bits per heavy atom. The Labute approximate surface area is 171 Å². The van der Waals surface area contributed by atoms with Gasteiger partial charge in [0.25, 0.3) is 0 Å². The van der Waals surface area contributed by atoms with Crippen LogP contribution >= 0.6 is 11.3 Å². The van der Waals surface area contributed by atoms with Gasteiger partial charge in [0.2, 0.25) is 0 Å². The number of nitrogens with zero attached hydrogens (tertiary/aromatic N) is 2. The second-order valence-electron chi connectivity index (χ2n) is 7.72. The number of aromatic nitrogens is 1. The lowest BCUT2D eigenvalue weighted by Crippen LogP contribution is -2.36. The van der Waals surface area contributed by atoms with Crippen molar-refractivity contribution >= 4 is 31.4 Å². The lowest BCUT2D eigenvalue weighted by molar-refractivity contribution is 0.223. The number of para-hydroxylation sites is 1. The third kappa shape index (κ3) is 4.14. The molecule has 148 valence electrons. The highest BCUT2D eigenvalue weighted by Crippen LogP contribution is 2.33. The summed E-state index contributed by atoms with van der Waals surface area (Å²) in [6.07, 6.45) is 2.09. The summed E-state index contributed by atoms with van der Waals surface area (Å²) >= 11 is 1.80. The maximum Gasteiger partial charge on any atom is 0.179 e. The van der Waals surface area contributed by atoms with Crippen LogP contribution in [0.1, 0.15) is 34.9 Å². The van der Waals surface area contributed by atoms with E-state index in [0.29, 0.717) is 17.4 Å². The van der Waals surface area contributed by atoms with Crippen molar-refractivity contribution < 1.29 is 8.42 Å². The summed E-state index contributed by atoms with van der Waals surface area (Å²) in [5, 5.41) is 1.23. The number of piperidine rings is 1. The molecule has 1 aliphatic heterocycles. The molecular weight excluding hydrogens is 388 g/mol. The summed E-state index contributed by atoms with van der Waals surface area (Å²) in [5.74, 6) is 0.674. The van der Waals surface area contributed by atoms with Gasteiger partial charge in [0.1, 0.15) is 0 Å². The van der Waals surface area contributed by atoms with E-state index in [2.05, 4.69) is 23.1 Å². The molecule has 0 aliphatic carbocycles. The highest BCUT2D eigenvalue weighted by molar-refractivity contribution is 7.91. The zero-order chi connectivity index (χ0) is 19.7. The van der Waals surface area contributed by atoms with Gasteiger partial charge in [-0.05, 0) is 69.1 Å². The Hall–Kier alpha value is -1.76. The van der Waals surface area contributed by atoms with Gasteiger partial charge in [0, 0.05) is 12.5 Å². The number of hydrogen-bond acceptors (Lipinski definition) is 5. The Morgan fingerprint density at radius 2 is 1.86 bits per heavy atom. The monoisotopic (exact) mass is 414 g/mol. The number of rotatable bonds is 5. The van der Waals surface area contributed by atoms with E-state index in [4.69, 9.17) is 4.98 Å². The van der Waals surface area contributed by atoms with E-state index < -0.39 is 9.84 Å². The summed E-state index contributed by atoms with van der Waals surface area (Å²) in [6, 6.07) is 13.9. The highest BCUT2D eigenvalue weighted by Gasteiger charge is 2.25. The third-order valence-corrected chi connectivity index (χ3v) is 8.63. The third-order valence-electron chi connectivity index (χ3n) is 5.60. The van der Waals surface area contributed by atoms with Crippen molar-refractivity contribution in [3.05, 3.63) is 58.6 Å². The minimum Gasteiger partial charge on any atom is -0.302 e. The van der Waals surface area contributed by atoms with Crippen molar-refractivity contribution in [2.75, 3.05) is 25.4 Å². The molecule has 0 radical (unpaired) electrons. The molecule has 0 saturated carbocycles. The predicted octanol–water partition coefficient (Wildman–Crippen LogP) is 4.57. The summed E-state index contributed by atoms with van der Waals surface area (Å²) in [6.45, 7) is 6.27. The second kappa shape index (κ2) is 7.93. The van der Waals surface area contributed by atoms with Gasteiger partial charge < -0.3 is 4.90 Å². The first kappa shape index (κ1) is 19.6. The van der Waals surface area contributed by atoms with Crippen LogP contribution in [0.15, 0.2) is 47.4 Å². The lowest BCUT2D eigenvalue weighted by Gasteiger charge is -2.30. The number of likely N-dealkylation sites (tertiary alicyclic amines) is 1. The molecule has 0 spiro atoms. The average Bonchev–Trinajstić information content (AvgIpc) is 3.13. The normalized spacial score (nSPS) is 16.6. The van der Waals surface area contributed by atoms with Crippen LogP contribution in [0.3, 0.4) is 0 Å². The van der Waals surface area contributed by atoms with Crippen molar-refractivity contribution in [3.8, 4) is 0 Å². The zero-order valence-electron chi connectivity index (χ0n) is 16.4. The van der Waals surface area contributed by atoms with Crippen LogP contribution in [-0.4, -0.2) is 43.7 Å². The van der Waals surface area contributed by atoms with Crippen LogP contribution in [0.4, 0.5) is 0 Å². The maximum atomic E-state index is 12.8. The fourth-order valence-electron chi connectivity index (χ4n) is 3.87. The Bertz CT molecular complexity index is 1050. The molecule has 0 N–H and O–H groups in total. The fraction of sp³-hybridized carbons (Fsp3) is 0.409. The molecule has 0 atom stereocenters. The molecule has 0 unspecified atom stereocenters. The standard InChI is InChI=1S/C22H26N2O2S2/c1-16-7-8-17(2)21(15-16)28(25,26)14-13-24-11-9-18(10-12-24)22-23-19-5-3-4-6-20(19)27-22/h3-8,15,18H,9-14H2,1-2H3. The Kier molecular flexibility index (Phi) is 5.54. The fourth-order valence-corrected chi connectivity index (χ4v) is 6.65. The van der Waals surface area contributed by atoms with E-state index in [1.165, 1.54) is 9.71 Å². The van der Waals surface area contributed by atoms with Crippen molar-refractivity contribution in [1.82, 2.24) is 9.88 Å². The van der Waals surface area contributed by atoms with Gasteiger partial charge in [-0.2, -0.15) is 0 Å². The van der Waals surface area contributed by atoms with Crippen molar-refractivity contribution in [1.29, 1.82) is 0 Å². The molecule has 4 nitrogen and oxygen atoms in total. The van der Waals surface area contributed by atoms with E-state index >= 15 is 0 Å². The highest BCUT2D eigenvalue weighted by atomic mass is 32.2. The molecule has 4 rings (SSSR count). The largest absolute Gasteiger partial charge is 0.302 e. The number of aryl methyl sites for hydroxylation is 2. The molecule has 0 bridgehead atoms. The number of benzene rings is 2. The van der Waals surface area contributed by atoms with Gasteiger partial charge in [-0.25, -0.2) is 13.4 Å². The summed E-state index contributed by atoms with van der Waals surface area (Å²) in [5.41, 5.74) is 2.91. The van der Waals surface area contributed by atoms with Crippen LogP contribution < -0.4 is 0 Å².